The van der Waals surface area contributed by atoms with Crippen molar-refractivity contribution in [3.8, 4) is 5.69 Å². The summed E-state index contributed by atoms with van der Waals surface area (Å²) in [5.41, 5.74) is 1.46. The molecule has 0 amide bonds. The van der Waals surface area contributed by atoms with Crippen LogP contribution in [0.4, 0.5) is 13.2 Å². The Morgan fingerprint density at radius 2 is 1.90 bits per heavy atom. The SMILES string of the molecule is O=C(O)c1nn(-c2cccc(C(F)(F)F)c2)c2c1CC/C2=C/c1ccc(Cl)cc1Cl. The number of hydrogen-bond donors (Lipinski definition) is 1. The zero-order valence-corrected chi connectivity index (χ0v) is 16.7. The van der Waals surface area contributed by atoms with Crippen LogP contribution in [0.5, 0.6) is 0 Å². The third-order valence-corrected chi connectivity index (χ3v) is 5.41. The Morgan fingerprint density at radius 1 is 1.13 bits per heavy atom. The molecule has 9 heteroatoms. The third kappa shape index (κ3) is 3.70. The van der Waals surface area contributed by atoms with Crippen LogP contribution in [-0.4, -0.2) is 20.9 Å². The normalized spacial score (nSPS) is 14.9. The standard InChI is InChI=1S/C21H13Cl2F3N2O2/c22-14-6-4-11(17(23)10-14)8-12-5-7-16-18(20(29)30)27-28(19(12)16)15-3-1-2-13(9-15)21(24,25)26/h1-4,6,8-10H,5,7H2,(H,29,30)/b12-8-. The molecule has 0 radical (unpaired) electrons. The first-order valence-electron chi connectivity index (χ1n) is 8.84. The largest absolute Gasteiger partial charge is 0.476 e. The molecule has 1 aliphatic carbocycles. The summed E-state index contributed by atoms with van der Waals surface area (Å²) in [6.07, 6.45) is -1.84. The lowest BCUT2D eigenvalue weighted by Gasteiger charge is -2.11. The van der Waals surface area contributed by atoms with Crippen LogP contribution in [0.25, 0.3) is 17.3 Å². The van der Waals surface area contributed by atoms with Crippen LogP contribution in [0.1, 0.15) is 39.3 Å². The summed E-state index contributed by atoms with van der Waals surface area (Å²) in [6, 6.07) is 9.60. The van der Waals surface area contributed by atoms with Crippen molar-refractivity contribution in [3.63, 3.8) is 0 Å². The van der Waals surface area contributed by atoms with Crippen LogP contribution in [0.3, 0.4) is 0 Å². The summed E-state index contributed by atoms with van der Waals surface area (Å²) < 4.78 is 40.8. The van der Waals surface area contributed by atoms with E-state index in [1.807, 2.05) is 0 Å². The maximum Gasteiger partial charge on any atom is 0.416 e. The van der Waals surface area contributed by atoms with Crippen molar-refractivity contribution in [2.45, 2.75) is 19.0 Å². The summed E-state index contributed by atoms with van der Waals surface area (Å²) in [7, 11) is 0. The van der Waals surface area contributed by atoms with Gasteiger partial charge in [0.25, 0.3) is 0 Å². The van der Waals surface area contributed by atoms with Gasteiger partial charge in [0, 0.05) is 15.6 Å². The number of aromatic nitrogens is 2. The maximum atomic E-state index is 13.2. The Hall–Kier alpha value is -2.77. The molecule has 2 aromatic carbocycles. The number of aromatic carboxylic acids is 1. The van der Waals surface area contributed by atoms with E-state index in [9.17, 15) is 23.1 Å². The molecule has 1 aliphatic rings. The van der Waals surface area contributed by atoms with Gasteiger partial charge in [-0.25, -0.2) is 9.48 Å². The summed E-state index contributed by atoms with van der Waals surface area (Å²) in [5, 5.41) is 14.5. The fraction of sp³-hybridized carbons (Fsp3) is 0.143. The minimum Gasteiger partial charge on any atom is -0.476 e. The summed E-state index contributed by atoms with van der Waals surface area (Å²) in [5.74, 6) is -1.23. The van der Waals surface area contributed by atoms with Crippen molar-refractivity contribution in [1.82, 2.24) is 9.78 Å². The van der Waals surface area contributed by atoms with Crippen molar-refractivity contribution in [2.24, 2.45) is 0 Å². The number of alkyl halides is 3. The van der Waals surface area contributed by atoms with E-state index in [0.29, 0.717) is 39.7 Å². The predicted octanol–water partition coefficient (Wildman–Crippen LogP) is 6.38. The molecule has 0 aliphatic heterocycles. The maximum absolute atomic E-state index is 13.2. The molecule has 0 saturated carbocycles. The first-order valence-corrected chi connectivity index (χ1v) is 9.59. The first kappa shape index (κ1) is 20.5. The lowest BCUT2D eigenvalue weighted by atomic mass is 10.1. The second-order valence-corrected chi connectivity index (χ2v) is 7.62. The molecule has 0 unspecified atom stereocenters. The minimum atomic E-state index is -4.53. The molecular weight excluding hydrogens is 440 g/mol. The number of carboxylic acid groups (broad SMARTS) is 1. The highest BCUT2D eigenvalue weighted by atomic mass is 35.5. The van der Waals surface area contributed by atoms with E-state index in [-0.39, 0.29) is 11.4 Å². The van der Waals surface area contributed by atoms with E-state index in [2.05, 4.69) is 5.10 Å². The Bertz CT molecular complexity index is 1200. The fourth-order valence-corrected chi connectivity index (χ4v) is 3.98. The van der Waals surface area contributed by atoms with E-state index in [4.69, 9.17) is 23.2 Å². The molecule has 30 heavy (non-hydrogen) atoms. The lowest BCUT2D eigenvalue weighted by Crippen LogP contribution is -2.08. The molecule has 4 nitrogen and oxygen atoms in total. The fourth-order valence-electron chi connectivity index (χ4n) is 3.51. The molecule has 0 atom stereocenters. The molecule has 0 saturated heterocycles. The minimum absolute atomic E-state index is 0.128. The number of carbonyl (C=O) groups is 1. The predicted molar refractivity (Wildman–Crippen MR) is 108 cm³/mol. The first-order chi connectivity index (χ1) is 14.1. The molecule has 154 valence electrons. The number of rotatable bonds is 3. The lowest BCUT2D eigenvalue weighted by molar-refractivity contribution is -0.137. The summed E-state index contributed by atoms with van der Waals surface area (Å²) in [6.45, 7) is 0. The highest BCUT2D eigenvalue weighted by Gasteiger charge is 2.33. The van der Waals surface area contributed by atoms with Gasteiger partial charge in [-0.05, 0) is 60.4 Å². The molecule has 0 bridgehead atoms. The van der Waals surface area contributed by atoms with Gasteiger partial charge in [0.2, 0.25) is 0 Å². The summed E-state index contributed by atoms with van der Waals surface area (Å²) >= 11 is 12.2. The zero-order valence-electron chi connectivity index (χ0n) is 15.2. The Kier molecular flexibility index (Phi) is 5.11. The van der Waals surface area contributed by atoms with Crippen molar-refractivity contribution < 1.29 is 23.1 Å². The van der Waals surface area contributed by atoms with Gasteiger partial charge in [0.05, 0.1) is 16.9 Å². The average molecular weight is 453 g/mol. The monoisotopic (exact) mass is 452 g/mol. The van der Waals surface area contributed by atoms with E-state index >= 15 is 0 Å². The highest BCUT2D eigenvalue weighted by Crippen LogP contribution is 2.39. The number of allylic oxidation sites excluding steroid dienone is 1. The van der Waals surface area contributed by atoms with Crippen LogP contribution >= 0.6 is 23.2 Å². The van der Waals surface area contributed by atoms with E-state index in [0.717, 1.165) is 17.7 Å². The number of benzene rings is 2. The van der Waals surface area contributed by atoms with Crippen LogP contribution < -0.4 is 0 Å². The molecule has 0 spiro atoms. The van der Waals surface area contributed by atoms with Gasteiger partial charge in [-0.1, -0.05) is 35.3 Å². The number of nitrogens with zero attached hydrogens (tertiary/aromatic N) is 2. The van der Waals surface area contributed by atoms with Gasteiger partial charge in [-0.15, -0.1) is 0 Å². The van der Waals surface area contributed by atoms with Gasteiger partial charge in [0.15, 0.2) is 5.69 Å². The Morgan fingerprint density at radius 3 is 2.57 bits per heavy atom. The van der Waals surface area contributed by atoms with E-state index in [1.54, 1.807) is 24.3 Å². The van der Waals surface area contributed by atoms with Gasteiger partial charge >= 0.3 is 12.1 Å². The highest BCUT2D eigenvalue weighted by molar-refractivity contribution is 6.35. The average Bonchev–Trinajstić information content (AvgIpc) is 3.24. The van der Waals surface area contributed by atoms with E-state index < -0.39 is 17.7 Å². The molecule has 0 fully saturated rings. The number of hydrogen-bond acceptors (Lipinski definition) is 2. The molecule has 1 heterocycles. The smallest absolute Gasteiger partial charge is 0.416 e. The molecule has 1 N–H and O–H groups in total. The quantitative estimate of drug-likeness (QED) is 0.501. The van der Waals surface area contributed by atoms with Crippen molar-refractivity contribution in [2.75, 3.05) is 0 Å². The number of fused-ring (bicyclic) bond motifs is 1. The second kappa shape index (κ2) is 7.49. The van der Waals surface area contributed by atoms with Gasteiger partial charge < -0.3 is 5.11 Å². The summed E-state index contributed by atoms with van der Waals surface area (Å²) in [4.78, 5) is 11.7. The Labute approximate surface area is 179 Å². The van der Waals surface area contributed by atoms with Gasteiger partial charge in [-0.3, -0.25) is 0 Å². The van der Waals surface area contributed by atoms with Crippen LogP contribution in [0.15, 0.2) is 42.5 Å². The second-order valence-electron chi connectivity index (χ2n) is 6.78. The van der Waals surface area contributed by atoms with Crippen LogP contribution in [-0.2, 0) is 12.6 Å². The van der Waals surface area contributed by atoms with Crippen molar-refractivity contribution in [1.29, 1.82) is 0 Å². The molecule has 1 aromatic heterocycles. The third-order valence-electron chi connectivity index (χ3n) is 4.84. The van der Waals surface area contributed by atoms with Crippen LogP contribution in [0, 0.1) is 0 Å². The molecule has 4 rings (SSSR count). The van der Waals surface area contributed by atoms with Gasteiger partial charge in [0.1, 0.15) is 0 Å². The Balaban J connectivity index is 1.90. The van der Waals surface area contributed by atoms with Crippen LogP contribution in [0.2, 0.25) is 10.0 Å². The topological polar surface area (TPSA) is 55.1 Å². The van der Waals surface area contributed by atoms with E-state index in [1.165, 1.54) is 16.8 Å². The van der Waals surface area contributed by atoms with Crippen molar-refractivity contribution in [3.05, 3.63) is 80.6 Å². The van der Waals surface area contributed by atoms with Gasteiger partial charge in [-0.2, -0.15) is 18.3 Å². The molecular formula is C21H13Cl2F3N2O2. The molecule has 3 aromatic rings. The number of halogens is 5. The number of carboxylic acids is 1. The van der Waals surface area contributed by atoms with Crippen molar-refractivity contribution >= 4 is 40.8 Å². The zero-order chi connectivity index (χ0) is 21.6.